The number of carbonyl (C=O) groups is 1. The minimum atomic E-state index is -0.457. The molecule has 23 heavy (non-hydrogen) atoms. The predicted octanol–water partition coefficient (Wildman–Crippen LogP) is 3.09. The average molecular weight is 387 g/mol. The first-order valence-corrected chi connectivity index (χ1v) is 8.91. The number of nitrogens with one attached hydrogen (secondary N) is 1. The summed E-state index contributed by atoms with van der Waals surface area (Å²) in [6.45, 7) is 10.1. The van der Waals surface area contributed by atoms with Crippen molar-refractivity contribution < 1.29 is 9.53 Å². The second kappa shape index (κ2) is 7.21. The summed E-state index contributed by atoms with van der Waals surface area (Å²) in [5, 5.41) is 7.86. The van der Waals surface area contributed by atoms with Crippen LogP contribution >= 0.6 is 15.9 Å². The highest BCUT2D eigenvalue weighted by Crippen LogP contribution is 2.34. The van der Waals surface area contributed by atoms with Crippen LogP contribution < -0.4 is 5.32 Å². The summed E-state index contributed by atoms with van der Waals surface area (Å²) < 4.78 is 8.39. The zero-order chi connectivity index (χ0) is 17.2. The predicted molar refractivity (Wildman–Crippen MR) is 93.2 cm³/mol. The number of halogens is 1. The Kier molecular flexibility index (Phi) is 5.73. The first-order valence-electron chi connectivity index (χ1n) is 8.11. The van der Waals surface area contributed by atoms with Crippen LogP contribution in [0.25, 0.3) is 0 Å². The lowest BCUT2D eigenvalue weighted by atomic mass is 9.96. The summed E-state index contributed by atoms with van der Waals surface area (Å²) >= 11 is 3.59. The smallest absolute Gasteiger partial charge is 0.410 e. The van der Waals surface area contributed by atoms with Crippen molar-refractivity contribution in [2.24, 2.45) is 13.0 Å². The molecule has 1 amide bonds. The minimum Gasteiger partial charge on any atom is -0.444 e. The Hall–Kier alpha value is -1.08. The Bertz CT molecular complexity index is 533. The number of hydrogen-bond acceptors (Lipinski definition) is 4. The first kappa shape index (κ1) is 18.3. The minimum absolute atomic E-state index is 0.161. The molecule has 1 N–H and O–H groups in total. The molecule has 1 aliphatic heterocycles. The number of carbonyl (C=O) groups excluding carboxylic acids is 1. The van der Waals surface area contributed by atoms with Gasteiger partial charge in [-0.3, -0.25) is 4.68 Å². The van der Waals surface area contributed by atoms with Crippen LogP contribution in [0.4, 0.5) is 4.79 Å². The van der Waals surface area contributed by atoms with Crippen molar-refractivity contribution in [3.8, 4) is 0 Å². The van der Waals surface area contributed by atoms with Crippen LogP contribution in [0, 0.1) is 5.92 Å². The second-order valence-electron chi connectivity index (χ2n) is 7.01. The van der Waals surface area contributed by atoms with Gasteiger partial charge >= 0.3 is 6.09 Å². The zero-order valence-corrected chi connectivity index (χ0v) is 16.2. The third-order valence-electron chi connectivity index (χ3n) is 4.00. The number of aromatic nitrogens is 2. The van der Waals surface area contributed by atoms with Gasteiger partial charge in [0.15, 0.2) is 0 Å². The van der Waals surface area contributed by atoms with Gasteiger partial charge in [-0.25, -0.2) is 4.79 Å². The Morgan fingerprint density at radius 3 is 2.78 bits per heavy atom. The number of nitrogens with zero attached hydrogens (tertiary/aromatic N) is 3. The Balaban J connectivity index is 2.10. The van der Waals surface area contributed by atoms with Crippen molar-refractivity contribution in [1.82, 2.24) is 20.0 Å². The molecule has 6 nitrogen and oxygen atoms in total. The molecule has 0 bridgehead atoms. The summed E-state index contributed by atoms with van der Waals surface area (Å²) in [6.07, 6.45) is 2.55. The molecule has 1 aromatic rings. The van der Waals surface area contributed by atoms with Gasteiger partial charge in [-0.1, -0.05) is 6.92 Å². The number of ether oxygens (including phenoxy) is 1. The van der Waals surface area contributed by atoms with Crippen molar-refractivity contribution >= 4 is 22.0 Å². The fraction of sp³-hybridized carbons (Fsp3) is 0.750. The molecule has 7 heteroatoms. The molecule has 1 fully saturated rings. The number of likely N-dealkylation sites (tertiary alicyclic amines) is 1. The summed E-state index contributed by atoms with van der Waals surface area (Å²) in [4.78, 5) is 14.1. The number of hydrogen-bond donors (Lipinski definition) is 1. The average Bonchev–Trinajstić information content (AvgIpc) is 3.03. The fourth-order valence-electron chi connectivity index (χ4n) is 3.03. The molecule has 0 saturated carbocycles. The third-order valence-corrected chi connectivity index (χ3v) is 4.62. The molecule has 0 spiro atoms. The van der Waals surface area contributed by atoms with Gasteiger partial charge in [0.1, 0.15) is 5.60 Å². The second-order valence-corrected chi connectivity index (χ2v) is 7.87. The lowest BCUT2D eigenvalue weighted by Crippen LogP contribution is -2.37. The van der Waals surface area contributed by atoms with Crippen LogP contribution in [0.2, 0.25) is 0 Å². The van der Waals surface area contributed by atoms with E-state index in [0.29, 0.717) is 12.5 Å². The van der Waals surface area contributed by atoms with E-state index in [0.717, 1.165) is 29.7 Å². The van der Waals surface area contributed by atoms with E-state index in [4.69, 9.17) is 4.74 Å². The van der Waals surface area contributed by atoms with Gasteiger partial charge in [0.25, 0.3) is 0 Å². The van der Waals surface area contributed by atoms with E-state index in [-0.39, 0.29) is 12.1 Å². The van der Waals surface area contributed by atoms with Gasteiger partial charge in [0.2, 0.25) is 0 Å². The normalized spacial score (nSPS) is 19.9. The molecule has 2 atom stereocenters. The largest absolute Gasteiger partial charge is 0.444 e. The maximum Gasteiger partial charge on any atom is 0.410 e. The van der Waals surface area contributed by atoms with E-state index in [1.807, 2.05) is 43.6 Å². The molecule has 1 saturated heterocycles. The van der Waals surface area contributed by atoms with Crippen LogP contribution in [-0.2, 0) is 11.8 Å². The van der Waals surface area contributed by atoms with Gasteiger partial charge < -0.3 is 15.0 Å². The molecular formula is C16H27BrN4O2. The van der Waals surface area contributed by atoms with E-state index >= 15 is 0 Å². The topological polar surface area (TPSA) is 59.4 Å². The Morgan fingerprint density at radius 2 is 2.26 bits per heavy atom. The van der Waals surface area contributed by atoms with Crippen LogP contribution in [0.15, 0.2) is 10.7 Å². The summed E-state index contributed by atoms with van der Waals surface area (Å²) in [5.41, 5.74) is 0.671. The van der Waals surface area contributed by atoms with Crippen molar-refractivity contribution in [3.63, 3.8) is 0 Å². The van der Waals surface area contributed by atoms with Gasteiger partial charge in [-0.15, -0.1) is 0 Å². The van der Waals surface area contributed by atoms with Crippen molar-refractivity contribution in [2.75, 3.05) is 19.6 Å². The molecular weight excluding hydrogens is 360 g/mol. The molecule has 2 unspecified atom stereocenters. The molecule has 2 rings (SSSR count). The molecule has 1 aliphatic rings. The van der Waals surface area contributed by atoms with Crippen molar-refractivity contribution in [3.05, 3.63) is 16.4 Å². The zero-order valence-electron chi connectivity index (χ0n) is 14.6. The quantitative estimate of drug-likeness (QED) is 0.863. The summed E-state index contributed by atoms with van der Waals surface area (Å²) in [5.74, 6) is 0.342. The van der Waals surface area contributed by atoms with Crippen LogP contribution in [-0.4, -0.2) is 46.0 Å². The third kappa shape index (κ3) is 4.47. The van der Waals surface area contributed by atoms with E-state index in [9.17, 15) is 4.79 Å². The standard InChI is InChI=1S/C16H27BrN4O2/c1-6-18-13(14-12(17)9-19-20(14)5)11-7-8-21(10-11)15(22)23-16(2,3)4/h9,11,13,18H,6-8,10H2,1-5H3. The van der Waals surface area contributed by atoms with Gasteiger partial charge in [0, 0.05) is 20.1 Å². The lowest BCUT2D eigenvalue weighted by Gasteiger charge is -2.27. The number of amides is 1. The number of rotatable bonds is 4. The number of aryl methyl sites for hydroxylation is 1. The maximum atomic E-state index is 12.3. The first-order chi connectivity index (χ1) is 10.7. The Labute approximate surface area is 146 Å². The van der Waals surface area contributed by atoms with Crippen LogP contribution in [0.5, 0.6) is 0 Å². The van der Waals surface area contributed by atoms with Crippen LogP contribution in [0.3, 0.4) is 0 Å². The van der Waals surface area contributed by atoms with Crippen molar-refractivity contribution in [1.29, 1.82) is 0 Å². The highest BCUT2D eigenvalue weighted by atomic mass is 79.9. The Morgan fingerprint density at radius 1 is 1.57 bits per heavy atom. The van der Waals surface area contributed by atoms with E-state index in [1.165, 1.54) is 0 Å². The molecule has 0 aliphatic carbocycles. The molecule has 130 valence electrons. The van der Waals surface area contributed by atoms with Gasteiger partial charge in [0.05, 0.1) is 22.4 Å². The van der Waals surface area contributed by atoms with E-state index < -0.39 is 5.60 Å². The lowest BCUT2D eigenvalue weighted by molar-refractivity contribution is 0.0285. The highest BCUT2D eigenvalue weighted by Gasteiger charge is 2.36. The molecule has 1 aromatic heterocycles. The summed E-state index contributed by atoms with van der Waals surface area (Å²) in [7, 11) is 1.95. The summed E-state index contributed by atoms with van der Waals surface area (Å²) in [6, 6.07) is 0.161. The highest BCUT2D eigenvalue weighted by molar-refractivity contribution is 9.10. The molecule has 0 aromatic carbocycles. The van der Waals surface area contributed by atoms with E-state index in [1.54, 1.807) is 0 Å². The molecule has 0 radical (unpaired) electrons. The van der Waals surface area contributed by atoms with E-state index in [2.05, 4.69) is 33.3 Å². The van der Waals surface area contributed by atoms with Gasteiger partial charge in [-0.2, -0.15) is 5.10 Å². The maximum absolute atomic E-state index is 12.3. The monoisotopic (exact) mass is 386 g/mol. The fourth-order valence-corrected chi connectivity index (χ4v) is 3.62. The SMILES string of the molecule is CCNC(c1c(Br)cnn1C)C1CCN(C(=O)OC(C)(C)C)C1. The van der Waals surface area contributed by atoms with Gasteiger partial charge in [-0.05, 0) is 55.6 Å². The molecule has 2 heterocycles. The van der Waals surface area contributed by atoms with Crippen molar-refractivity contribution in [2.45, 2.75) is 45.8 Å². The van der Waals surface area contributed by atoms with Crippen LogP contribution in [0.1, 0.15) is 45.9 Å².